The number of aromatic carboxylic acids is 2. The maximum absolute atomic E-state index is 11.5. The van der Waals surface area contributed by atoms with Crippen molar-refractivity contribution in [3.63, 3.8) is 0 Å². The molecule has 0 saturated heterocycles. The van der Waals surface area contributed by atoms with E-state index in [2.05, 4.69) is 0 Å². The largest absolute Gasteiger partial charge is 0.478 e. The number of hydrogen-bond donors (Lipinski definition) is 2. The third kappa shape index (κ3) is 1.50. The summed E-state index contributed by atoms with van der Waals surface area (Å²) in [5.74, 6) is -2.47. The van der Waals surface area contributed by atoms with Gasteiger partial charge in [0.25, 0.3) is 0 Å². The lowest BCUT2D eigenvalue weighted by molar-refractivity contribution is 0.0653. The molecule has 3 rings (SSSR count). The fourth-order valence-corrected chi connectivity index (χ4v) is 2.65. The van der Waals surface area contributed by atoms with Crippen molar-refractivity contribution in [2.45, 2.75) is 0 Å². The molecule has 2 aromatic carbocycles. The first-order valence-electron chi connectivity index (χ1n) is 5.99. The normalized spacial score (nSPS) is 11.1. The lowest BCUT2D eigenvalue weighted by atomic mass is 10.0. The monoisotopic (exact) mass is 269 g/mol. The molecule has 0 spiro atoms. The van der Waals surface area contributed by atoms with Crippen LogP contribution in [0.25, 0.3) is 21.8 Å². The van der Waals surface area contributed by atoms with Gasteiger partial charge in [-0.25, -0.2) is 9.59 Å². The van der Waals surface area contributed by atoms with Crippen LogP contribution in [-0.4, -0.2) is 26.7 Å². The Hall–Kier alpha value is -2.82. The predicted octanol–water partition coefficient (Wildman–Crippen LogP) is 2.73. The van der Waals surface area contributed by atoms with Crippen LogP contribution in [0.4, 0.5) is 0 Å². The summed E-state index contributed by atoms with van der Waals surface area (Å²) in [4.78, 5) is 22.8. The number of hydrogen-bond acceptors (Lipinski definition) is 2. The Morgan fingerprint density at radius 2 is 1.65 bits per heavy atom. The van der Waals surface area contributed by atoms with Crippen molar-refractivity contribution in [2.24, 2.45) is 7.05 Å². The third-order valence-corrected chi connectivity index (χ3v) is 3.52. The van der Waals surface area contributed by atoms with Gasteiger partial charge in [0.05, 0.1) is 11.1 Å². The maximum Gasteiger partial charge on any atom is 0.337 e. The number of rotatable bonds is 2. The summed E-state index contributed by atoms with van der Waals surface area (Å²) < 4.78 is 1.86. The highest BCUT2D eigenvalue weighted by Gasteiger charge is 2.22. The second-order valence-corrected chi connectivity index (χ2v) is 4.57. The first-order chi connectivity index (χ1) is 9.52. The minimum Gasteiger partial charge on any atom is -0.478 e. The Bertz CT molecular complexity index is 876. The molecule has 5 heteroatoms. The van der Waals surface area contributed by atoms with Crippen LogP contribution < -0.4 is 0 Å². The van der Waals surface area contributed by atoms with Crippen LogP contribution in [0, 0.1) is 0 Å². The molecule has 0 amide bonds. The molecule has 100 valence electrons. The van der Waals surface area contributed by atoms with Gasteiger partial charge >= 0.3 is 11.9 Å². The summed E-state index contributed by atoms with van der Waals surface area (Å²) in [5.41, 5.74) is 1.22. The van der Waals surface area contributed by atoms with Crippen LogP contribution in [-0.2, 0) is 7.05 Å². The van der Waals surface area contributed by atoms with E-state index in [1.807, 2.05) is 23.7 Å². The highest BCUT2D eigenvalue weighted by atomic mass is 16.4. The van der Waals surface area contributed by atoms with Crippen molar-refractivity contribution in [1.82, 2.24) is 4.57 Å². The van der Waals surface area contributed by atoms with Crippen molar-refractivity contribution < 1.29 is 19.8 Å². The second kappa shape index (κ2) is 4.09. The molecular formula is C15H11NO4. The fourth-order valence-electron chi connectivity index (χ4n) is 2.65. The van der Waals surface area contributed by atoms with Gasteiger partial charge in [-0.2, -0.15) is 0 Å². The minimum atomic E-state index is -1.24. The van der Waals surface area contributed by atoms with Crippen LogP contribution in [0.1, 0.15) is 20.7 Å². The highest BCUT2D eigenvalue weighted by Crippen LogP contribution is 2.32. The molecule has 1 heterocycles. The standard InChI is InChI=1S/C15H11NO4/c1-16-10-5-3-2-4-8(10)12-11(16)7-6-9(14(17)18)13(12)15(19)20/h2-7H,1H3,(H,17,18)(H,19,20). The van der Waals surface area contributed by atoms with Crippen molar-refractivity contribution in [3.05, 3.63) is 47.5 Å². The van der Waals surface area contributed by atoms with Gasteiger partial charge in [0.2, 0.25) is 0 Å². The van der Waals surface area contributed by atoms with E-state index >= 15 is 0 Å². The van der Waals surface area contributed by atoms with E-state index in [-0.39, 0.29) is 11.1 Å². The van der Waals surface area contributed by atoms with Gasteiger partial charge in [0.1, 0.15) is 0 Å². The van der Waals surface area contributed by atoms with Gasteiger partial charge < -0.3 is 14.8 Å². The van der Waals surface area contributed by atoms with Gasteiger partial charge in [-0.3, -0.25) is 0 Å². The van der Waals surface area contributed by atoms with Crippen LogP contribution in [0.3, 0.4) is 0 Å². The average Bonchev–Trinajstić information content (AvgIpc) is 2.72. The number of fused-ring (bicyclic) bond motifs is 3. The number of benzene rings is 2. The smallest absolute Gasteiger partial charge is 0.337 e. The van der Waals surface area contributed by atoms with Crippen LogP contribution in [0.15, 0.2) is 36.4 Å². The zero-order valence-corrected chi connectivity index (χ0v) is 10.6. The molecule has 20 heavy (non-hydrogen) atoms. The summed E-state index contributed by atoms with van der Waals surface area (Å²) in [5, 5.41) is 19.8. The quantitative estimate of drug-likeness (QED) is 0.749. The molecule has 0 aliphatic rings. The summed E-state index contributed by atoms with van der Waals surface area (Å²) in [6.07, 6.45) is 0. The predicted molar refractivity (Wildman–Crippen MR) is 74.3 cm³/mol. The number of aromatic nitrogens is 1. The first-order valence-corrected chi connectivity index (χ1v) is 5.99. The van der Waals surface area contributed by atoms with Gasteiger partial charge in [-0.1, -0.05) is 18.2 Å². The average molecular weight is 269 g/mol. The molecule has 0 aliphatic heterocycles. The van der Waals surface area contributed by atoms with Crippen molar-refractivity contribution in [2.75, 3.05) is 0 Å². The first kappa shape index (κ1) is 12.2. The van der Waals surface area contributed by atoms with Crippen LogP contribution in [0.5, 0.6) is 0 Å². The number of carbonyl (C=O) groups is 2. The Morgan fingerprint density at radius 3 is 2.30 bits per heavy atom. The Balaban J connectivity index is 2.63. The SMILES string of the molecule is Cn1c2ccccc2c2c(C(=O)O)c(C(=O)O)ccc21. The Kier molecular flexibility index (Phi) is 2.50. The molecule has 0 fully saturated rings. The van der Waals surface area contributed by atoms with Crippen molar-refractivity contribution >= 4 is 33.7 Å². The van der Waals surface area contributed by atoms with E-state index in [9.17, 15) is 19.8 Å². The van der Waals surface area contributed by atoms with Gasteiger partial charge in [0, 0.05) is 28.9 Å². The summed E-state index contributed by atoms with van der Waals surface area (Å²) in [6.45, 7) is 0. The third-order valence-electron chi connectivity index (χ3n) is 3.52. The summed E-state index contributed by atoms with van der Waals surface area (Å²) >= 11 is 0. The number of carboxylic acid groups (broad SMARTS) is 2. The van der Waals surface area contributed by atoms with E-state index in [0.717, 1.165) is 10.9 Å². The van der Waals surface area contributed by atoms with Gasteiger partial charge in [-0.05, 0) is 18.2 Å². The van der Waals surface area contributed by atoms with E-state index in [0.29, 0.717) is 10.9 Å². The molecule has 2 N–H and O–H groups in total. The molecule has 0 radical (unpaired) electrons. The van der Waals surface area contributed by atoms with E-state index in [4.69, 9.17) is 0 Å². The van der Waals surface area contributed by atoms with Crippen LogP contribution >= 0.6 is 0 Å². The molecule has 0 saturated carbocycles. The fraction of sp³-hybridized carbons (Fsp3) is 0.0667. The number of nitrogens with zero attached hydrogens (tertiary/aromatic N) is 1. The topological polar surface area (TPSA) is 79.5 Å². The second-order valence-electron chi connectivity index (χ2n) is 4.57. The van der Waals surface area contributed by atoms with E-state index in [1.165, 1.54) is 6.07 Å². The molecule has 1 aromatic heterocycles. The lowest BCUT2D eigenvalue weighted by Crippen LogP contribution is -2.08. The van der Waals surface area contributed by atoms with Crippen molar-refractivity contribution in [3.8, 4) is 0 Å². The Labute approximate surface area is 113 Å². The molecular weight excluding hydrogens is 258 g/mol. The number of carboxylic acids is 2. The summed E-state index contributed by atoms with van der Waals surface area (Å²) in [7, 11) is 1.83. The number of para-hydroxylation sites is 1. The zero-order valence-electron chi connectivity index (χ0n) is 10.6. The molecule has 0 atom stereocenters. The molecule has 0 bridgehead atoms. The lowest BCUT2D eigenvalue weighted by Gasteiger charge is -2.04. The zero-order chi connectivity index (χ0) is 14.4. The molecule has 0 aliphatic carbocycles. The minimum absolute atomic E-state index is 0.160. The van der Waals surface area contributed by atoms with Crippen LogP contribution in [0.2, 0.25) is 0 Å². The Morgan fingerprint density at radius 1 is 0.950 bits per heavy atom. The van der Waals surface area contributed by atoms with Crippen molar-refractivity contribution in [1.29, 1.82) is 0 Å². The van der Waals surface area contributed by atoms with Gasteiger partial charge in [0.15, 0.2) is 0 Å². The van der Waals surface area contributed by atoms with E-state index < -0.39 is 11.9 Å². The van der Waals surface area contributed by atoms with Gasteiger partial charge in [-0.15, -0.1) is 0 Å². The molecule has 3 aromatic rings. The summed E-state index contributed by atoms with van der Waals surface area (Å²) in [6, 6.07) is 10.3. The maximum atomic E-state index is 11.5. The molecule has 5 nitrogen and oxygen atoms in total. The molecule has 0 unspecified atom stereocenters. The number of aryl methyl sites for hydroxylation is 1. The highest BCUT2D eigenvalue weighted by molar-refractivity contribution is 6.20. The van der Waals surface area contributed by atoms with E-state index in [1.54, 1.807) is 18.2 Å².